The summed E-state index contributed by atoms with van der Waals surface area (Å²) >= 11 is 0. The maximum absolute atomic E-state index is 13.1. The number of ether oxygens (including phenoxy) is 4. The topological polar surface area (TPSA) is 237 Å². The molecule has 17 nitrogen and oxygen atoms in total. The molecule has 0 aromatic rings. The quantitative estimate of drug-likeness (QED) is 0.0222. The summed E-state index contributed by atoms with van der Waals surface area (Å²) in [7, 11) is -9.90. The van der Waals surface area contributed by atoms with Crippen molar-refractivity contribution in [3.8, 4) is 0 Å². The summed E-state index contributed by atoms with van der Waals surface area (Å²) < 4.78 is 68.4. The van der Waals surface area contributed by atoms with Gasteiger partial charge in [0.05, 0.1) is 26.4 Å². The van der Waals surface area contributed by atoms with Crippen molar-refractivity contribution in [3.63, 3.8) is 0 Å². The molecule has 0 aliphatic rings. The number of carbonyl (C=O) groups is 4. The maximum Gasteiger partial charge on any atom is 0.472 e. The third-order valence-electron chi connectivity index (χ3n) is 18.1. The van der Waals surface area contributed by atoms with Crippen LogP contribution in [0.5, 0.6) is 0 Å². The lowest BCUT2D eigenvalue weighted by Gasteiger charge is -2.21. The zero-order chi connectivity index (χ0) is 70.4. The van der Waals surface area contributed by atoms with Crippen molar-refractivity contribution >= 4 is 39.5 Å². The summed E-state index contributed by atoms with van der Waals surface area (Å²) in [5, 5.41) is 10.6. The van der Waals surface area contributed by atoms with Crippen LogP contribution in [0.4, 0.5) is 0 Å². The average Bonchev–Trinajstić information content (AvgIpc) is 1.34. The van der Waals surface area contributed by atoms with Crippen molar-refractivity contribution in [1.82, 2.24) is 0 Å². The number of hydrogen-bond acceptors (Lipinski definition) is 15. The van der Waals surface area contributed by atoms with Gasteiger partial charge in [0.15, 0.2) is 12.2 Å². The van der Waals surface area contributed by atoms with Crippen molar-refractivity contribution < 1.29 is 80.2 Å². The predicted molar refractivity (Wildman–Crippen MR) is 391 cm³/mol. The standard InChI is InChI=1S/C77H150O17P2/c1-5-9-13-17-21-25-28-30-32-34-35-36-37-38-39-41-43-45-48-52-56-60-64-77(82)94-73(68-88-75(80)62-58-54-50-47-44-42-40-33-31-29-26-22-18-14-10-6-2)70-92-96(85,86)90-66-71(78)65-89-95(83,84)91-69-72(67-87-74(79)61-57-53-49-24-20-16-12-8-4)93-76(81)63-59-55-51-46-27-23-19-15-11-7-3/h71-73,78H,5-70H2,1-4H3,(H,83,84)(H,85,86)/t71-,72+,73+/m0/s1. The predicted octanol–water partition coefficient (Wildman–Crippen LogP) is 23.0. The summed E-state index contributed by atoms with van der Waals surface area (Å²) in [4.78, 5) is 72.7. The summed E-state index contributed by atoms with van der Waals surface area (Å²) in [6, 6.07) is 0. The average molecular weight is 1410 g/mol. The van der Waals surface area contributed by atoms with Crippen molar-refractivity contribution in [2.24, 2.45) is 0 Å². The molecule has 0 aliphatic heterocycles. The Hall–Kier alpha value is -1.94. The zero-order valence-corrected chi connectivity index (χ0v) is 64.1. The summed E-state index contributed by atoms with van der Waals surface area (Å²) in [6.45, 7) is 4.95. The van der Waals surface area contributed by atoms with E-state index in [4.69, 9.17) is 37.0 Å². The van der Waals surface area contributed by atoms with Crippen molar-refractivity contribution in [2.75, 3.05) is 39.6 Å². The number of phosphoric ester groups is 2. The first-order valence-corrected chi connectivity index (χ1v) is 43.3. The summed E-state index contributed by atoms with van der Waals surface area (Å²) in [6.07, 6.45) is 62.6. The van der Waals surface area contributed by atoms with Gasteiger partial charge in [0.25, 0.3) is 0 Å². The number of rotatable bonds is 78. The van der Waals surface area contributed by atoms with Gasteiger partial charge in [0, 0.05) is 25.7 Å². The number of esters is 4. The molecule has 0 aromatic carbocycles. The number of hydrogen-bond donors (Lipinski definition) is 3. The fourth-order valence-electron chi connectivity index (χ4n) is 11.9. The molecule has 0 rings (SSSR count). The van der Waals surface area contributed by atoms with E-state index in [-0.39, 0.29) is 25.7 Å². The molecule has 5 atom stereocenters. The molecular weight excluding hydrogens is 1260 g/mol. The van der Waals surface area contributed by atoms with Gasteiger partial charge in [-0.2, -0.15) is 0 Å². The van der Waals surface area contributed by atoms with E-state index in [1.807, 2.05) is 0 Å². The van der Waals surface area contributed by atoms with Crippen LogP contribution in [0.25, 0.3) is 0 Å². The van der Waals surface area contributed by atoms with E-state index in [2.05, 4.69) is 27.7 Å². The molecule has 0 heterocycles. The first-order chi connectivity index (χ1) is 46.7. The highest BCUT2D eigenvalue weighted by molar-refractivity contribution is 7.47. The van der Waals surface area contributed by atoms with E-state index in [9.17, 15) is 43.2 Å². The lowest BCUT2D eigenvalue weighted by molar-refractivity contribution is -0.161. The van der Waals surface area contributed by atoms with Crippen LogP contribution in [0.1, 0.15) is 413 Å². The molecule has 96 heavy (non-hydrogen) atoms. The minimum atomic E-state index is -4.96. The minimum Gasteiger partial charge on any atom is -0.462 e. The molecule has 3 N–H and O–H groups in total. The number of unbranched alkanes of at least 4 members (excludes halogenated alkanes) is 52. The number of carbonyl (C=O) groups excluding carboxylic acids is 4. The maximum atomic E-state index is 13.1. The number of aliphatic hydroxyl groups is 1. The fraction of sp³-hybridized carbons (Fsp3) is 0.948. The van der Waals surface area contributed by atoms with Gasteiger partial charge in [-0.3, -0.25) is 37.3 Å². The Morgan fingerprint density at radius 3 is 0.615 bits per heavy atom. The second-order valence-electron chi connectivity index (χ2n) is 27.7. The Kier molecular flexibility index (Phi) is 70.0. The third-order valence-corrected chi connectivity index (χ3v) is 20.0. The van der Waals surface area contributed by atoms with Crippen LogP contribution in [-0.2, 0) is 65.4 Å². The molecule has 0 amide bonds. The first kappa shape index (κ1) is 94.1. The van der Waals surface area contributed by atoms with Crippen LogP contribution in [0.3, 0.4) is 0 Å². The fourth-order valence-corrected chi connectivity index (χ4v) is 13.5. The Labute approximate surface area is 588 Å². The van der Waals surface area contributed by atoms with Gasteiger partial charge in [-0.05, 0) is 25.7 Å². The van der Waals surface area contributed by atoms with Gasteiger partial charge in [0.1, 0.15) is 19.3 Å². The molecule has 0 aliphatic carbocycles. The second-order valence-corrected chi connectivity index (χ2v) is 30.7. The zero-order valence-electron chi connectivity index (χ0n) is 62.4. The van der Waals surface area contributed by atoms with Crippen LogP contribution in [0, 0.1) is 0 Å². The van der Waals surface area contributed by atoms with Crippen LogP contribution in [-0.4, -0.2) is 96.7 Å². The van der Waals surface area contributed by atoms with Gasteiger partial charge in [0.2, 0.25) is 0 Å². The van der Waals surface area contributed by atoms with Crippen molar-refractivity contribution in [3.05, 3.63) is 0 Å². The van der Waals surface area contributed by atoms with E-state index in [0.717, 1.165) is 96.3 Å². The highest BCUT2D eigenvalue weighted by Gasteiger charge is 2.30. The smallest absolute Gasteiger partial charge is 0.462 e. The van der Waals surface area contributed by atoms with Crippen molar-refractivity contribution in [2.45, 2.75) is 431 Å². The summed E-state index contributed by atoms with van der Waals surface area (Å²) in [5.74, 6) is -2.12. The Morgan fingerprint density at radius 1 is 0.250 bits per heavy atom. The van der Waals surface area contributed by atoms with Crippen LogP contribution < -0.4 is 0 Å². The second kappa shape index (κ2) is 71.5. The van der Waals surface area contributed by atoms with Gasteiger partial charge in [-0.25, -0.2) is 9.13 Å². The number of phosphoric acid groups is 2. The van der Waals surface area contributed by atoms with Crippen molar-refractivity contribution in [1.29, 1.82) is 0 Å². The minimum absolute atomic E-state index is 0.107. The molecule has 0 bridgehead atoms. The molecule has 0 radical (unpaired) electrons. The van der Waals surface area contributed by atoms with Gasteiger partial charge >= 0.3 is 39.5 Å². The van der Waals surface area contributed by atoms with Gasteiger partial charge in [-0.15, -0.1) is 0 Å². The van der Waals surface area contributed by atoms with E-state index in [1.54, 1.807) is 0 Å². The molecule has 0 saturated heterocycles. The van der Waals surface area contributed by atoms with E-state index in [1.165, 1.54) is 238 Å². The Balaban J connectivity index is 5.15. The highest BCUT2D eigenvalue weighted by atomic mass is 31.2. The van der Waals surface area contributed by atoms with Crippen LogP contribution in [0.2, 0.25) is 0 Å². The van der Waals surface area contributed by atoms with Crippen LogP contribution >= 0.6 is 15.6 Å². The van der Waals surface area contributed by atoms with Crippen LogP contribution in [0.15, 0.2) is 0 Å². The van der Waals surface area contributed by atoms with E-state index in [0.29, 0.717) is 25.7 Å². The molecule has 0 spiro atoms. The molecule has 0 saturated carbocycles. The molecule has 19 heteroatoms. The normalized spacial score (nSPS) is 13.9. The van der Waals surface area contributed by atoms with Gasteiger partial charge in [-0.1, -0.05) is 362 Å². The highest BCUT2D eigenvalue weighted by Crippen LogP contribution is 2.45. The largest absolute Gasteiger partial charge is 0.472 e. The molecule has 0 aromatic heterocycles. The lowest BCUT2D eigenvalue weighted by Crippen LogP contribution is -2.30. The van der Waals surface area contributed by atoms with E-state index >= 15 is 0 Å². The monoisotopic (exact) mass is 1410 g/mol. The molecule has 0 fully saturated rings. The Morgan fingerprint density at radius 2 is 0.417 bits per heavy atom. The molecule has 2 unspecified atom stereocenters. The third kappa shape index (κ3) is 70.5. The molecule has 570 valence electrons. The first-order valence-electron chi connectivity index (χ1n) is 40.3. The lowest BCUT2D eigenvalue weighted by atomic mass is 10.0. The number of aliphatic hydroxyl groups excluding tert-OH is 1. The molecular formula is C77H150O17P2. The van der Waals surface area contributed by atoms with Gasteiger partial charge < -0.3 is 33.8 Å². The Bertz CT molecular complexity index is 1830. The summed E-state index contributed by atoms with van der Waals surface area (Å²) in [5.41, 5.74) is 0. The van der Waals surface area contributed by atoms with E-state index < -0.39 is 97.5 Å². The SMILES string of the molecule is CCCCCCCCCCCCCCCCCCCCCCCCC(=O)O[C@H](COC(=O)CCCCCCCCCCCCCCCCCC)COP(=O)(O)OC[C@@H](O)COP(=O)(O)OC[C@@H](COC(=O)CCCCCCCCCC)OC(=O)CCCCCCCCCCCC.